The number of hydrogen-bond donors (Lipinski definition) is 1. The Balaban J connectivity index is 2.46. The predicted octanol–water partition coefficient (Wildman–Crippen LogP) is 1.75. The van der Waals surface area contributed by atoms with E-state index in [1.807, 2.05) is 0 Å². The molecule has 1 aromatic rings. The molecule has 0 fully saturated rings. The largest absolute Gasteiger partial charge is 0.360 e. The van der Waals surface area contributed by atoms with E-state index < -0.39 is 0 Å². The molecule has 12 heavy (non-hydrogen) atoms. The van der Waals surface area contributed by atoms with Crippen molar-refractivity contribution in [3.05, 3.63) is 11.8 Å². The summed E-state index contributed by atoms with van der Waals surface area (Å²) in [5, 5.41) is 6.24. The van der Waals surface area contributed by atoms with Crippen molar-refractivity contribution in [3.8, 4) is 0 Å². The number of amides is 1. The Morgan fingerprint density at radius 2 is 2.58 bits per heavy atom. The van der Waals surface area contributed by atoms with E-state index in [-0.39, 0.29) is 5.91 Å². The highest BCUT2D eigenvalue weighted by Crippen LogP contribution is 2.07. The summed E-state index contributed by atoms with van der Waals surface area (Å²) in [5.74, 6) is 1.15. The Labute approximate surface area is 83.8 Å². The highest BCUT2D eigenvalue weighted by molar-refractivity contribution is 14.1. The second kappa shape index (κ2) is 4.44. The maximum Gasteiger partial charge on any atom is 0.226 e. The molecule has 0 saturated carbocycles. The van der Waals surface area contributed by atoms with Crippen LogP contribution in [0.3, 0.4) is 0 Å². The van der Waals surface area contributed by atoms with Crippen LogP contribution in [0.2, 0.25) is 0 Å². The van der Waals surface area contributed by atoms with Crippen LogP contribution < -0.4 is 5.32 Å². The molecule has 0 aliphatic heterocycles. The van der Waals surface area contributed by atoms with Crippen molar-refractivity contribution in [3.63, 3.8) is 0 Å². The fraction of sp³-hybridized carbons (Fsp3) is 0.429. The normalized spacial score (nSPS) is 9.83. The van der Waals surface area contributed by atoms with Crippen molar-refractivity contribution in [2.75, 3.05) is 9.74 Å². The van der Waals surface area contributed by atoms with Gasteiger partial charge in [-0.05, 0) is 6.92 Å². The Bertz CT molecular complexity index is 272. The number of nitrogens with one attached hydrogen (secondary N) is 1. The van der Waals surface area contributed by atoms with E-state index in [9.17, 15) is 4.79 Å². The van der Waals surface area contributed by atoms with E-state index in [1.54, 1.807) is 13.0 Å². The van der Waals surface area contributed by atoms with Gasteiger partial charge in [0, 0.05) is 16.9 Å². The first kappa shape index (κ1) is 9.50. The molecular formula is C7H9IN2O2. The topological polar surface area (TPSA) is 55.1 Å². The molecule has 4 nitrogen and oxygen atoms in total. The third-order valence-corrected chi connectivity index (χ3v) is 1.76. The molecule has 1 aromatic heterocycles. The number of nitrogens with zero attached hydrogens (tertiary/aromatic N) is 1. The van der Waals surface area contributed by atoms with Crippen molar-refractivity contribution in [2.24, 2.45) is 0 Å². The molecule has 1 heterocycles. The minimum absolute atomic E-state index is 0.0299. The Morgan fingerprint density at radius 3 is 3.08 bits per heavy atom. The first-order valence-corrected chi connectivity index (χ1v) is 5.04. The standard InChI is InChI=1S/C7H9IN2O2/c1-5-4-6(10-12-5)9-7(11)2-3-8/h4H,2-3H2,1H3,(H,9,10,11). The summed E-state index contributed by atoms with van der Waals surface area (Å²) in [5.41, 5.74) is 0. The Hall–Kier alpha value is -0.590. The zero-order valence-corrected chi connectivity index (χ0v) is 8.79. The lowest BCUT2D eigenvalue weighted by molar-refractivity contribution is -0.115. The average molecular weight is 280 g/mol. The molecule has 0 unspecified atom stereocenters. The molecule has 1 amide bonds. The molecule has 1 rings (SSSR count). The van der Waals surface area contributed by atoms with Gasteiger partial charge in [0.25, 0.3) is 0 Å². The number of rotatable bonds is 3. The highest BCUT2D eigenvalue weighted by atomic mass is 127. The number of anilines is 1. The highest BCUT2D eigenvalue weighted by Gasteiger charge is 2.04. The van der Waals surface area contributed by atoms with E-state index in [0.717, 1.165) is 4.43 Å². The van der Waals surface area contributed by atoms with Gasteiger partial charge in [0.05, 0.1) is 0 Å². The van der Waals surface area contributed by atoms with Gasteiger partial charge in [-0.1, -0.05) is 27.7 Å². The van der Waals surface area contributed by atoms with Gasteiger partial charge in [0.15, 0.2) is 5.82 Å². The second-order valence-corrected chi connectivity index (χ2v) is 3.39. The summed E-state index contributed by atoms with van der Waals surface area (Å²) >= 11 is 2.15. The summed E-state index contributed by atoms with van der Waals surface area (Å²) in [4.78, 5) is 11.0. The van der Waals surface area contributed by atoms with Gasteiger partial charge < -0.3 is 9.84 Å². The third kappa shape index (κ3) is 2.80. The number of alkyl halides is 1. The maximum atomic E-state index is 11.0. The first-order chi connectivity index (χ1) is 5.72. The summed E-state index contributed by atoms with van der Waals surface area (Å²) < 4.78 is 5.58. The zero-order valence-electron chi connectivity index (χ0n) is 6.63. The average Bonchev–Trinajstić information content (AvgIpc) is 2.36. The zero-order chi connectivity index (χ0) is 8.97. The monoisotopic (exact) mass is 280 g/mol. The third-order valence-electron chi connectivity index (χ3n) is 1.22. The van der Waals surface area contributed by atoms with Crippen LogP contribution in [0.5, 0.6) is 0 Å². The molecular weight excluding hydrogens is 271 g/mol. The lowest BCUT2D eigenvalue weighted by Gasteiger charge is -1.96. The number of hydrogen-bond acceptors (Lipinski definition) is 3. The molecule has 5 heteroatoms. The van der Waals surface area contributed by atoms with Crippen molar-refractivity contribution < 1.29 is 9.32 Å². The summed E-state index contributed by atoms with van der Waals surface area (Å²) in [6, 6.07) is 1.69. The predicted molar refractivity (Wildman–Crippen MR) is 53.4 cm³/mol. The van der Waals surface area contributed by atoms with Gasteiger partial charge in [0.1, 0.15) is 5.76 Å². The SMILES string of the molecule is Cc1cc(NC(=O)CCI)no1. The van der Waals surface area contributed by atoms with Crippen molar-refractivity contribution in [2.45, 2.75) is 13.3 Å². The molecule has 0 saturated heterocycles. The number of aryl methyl sites for hydroxylation is 1. The molecule has 0 atom stereocenters. The van der Waals surface area contributed by atoms with Crippen LogP contribution in [0.15, 0.2) is 10.6 Å². The molecule has 0 spiro atoms. The van der Waals surface area contributed by atoms with Crippen molar-refractivity contribution in [1.29, 1.82) is 0 Å². The van der Waals surface area contributed by atoms with E-state index in [1.165, 1.54) is 0 Å². The number of halogens is 1. The van der Waals surface area contributed by atoms with Gasteiger partial charge >= 0.3 is 0 Å². The van der Waals surface area contributed by atoms with Crippen LogP contribution in [-0.4, -0.2) is 15.5 Å². The minimum Gasteiger partial charge on any atom is -0.360 e. The van der Waals surface area contributed by atoms with Gasteiger partial charge in [-0.25, -0.2) is 0 Å². The van der Waals surface area contributed by atoms with E-state index >= 15 is 0 Å². The Morgan fingerprint density at radius 1 is 1.83 bits per heavy atom. The minimum atomic E-state index is -0.0299. The van der Waals surface area contributed by atoms with E-state index in [0.29, 0.717) is 18.0 Å². The van der Waals surface area contributed by atoms with Crippen LogP contribution in [-0.2, 0) is 4.79 Å². The van der Waals surface area contributed by atoms with Gasteiger partial charge in [0.2, 0.25) is 5.91 Å². The lowest BCUT2D eigenvalue weighted by Crippen LogP contribution is -2.11. The molecule has 1 N–H and O–H groups in total. The number of carbonyl (C=O) groups is 1. The van der Waals surface area contributed by atoms with Crippen molar-refractivity contribution >= 4 is 34.3 Å². The van der Waals surface area contributed by atoms with E-state index in [2.05, 4.69) is 33.1 Å². The quantitative estimate of drug-likeness (QED) is 0.678. The maximum absolute atomic E-state index is 11.0. The molecule has 0 aliphatic rings. The van der Waals surface area contributed by atoms with E-state index in [4.69, 9.17) is 4.52 Å². The number of aromatic nitrogens is 1. The van der Waals surface area contributed by atoms with Crippen LogP contribution >= 0.6 is 22.6 Å². The molecule has 0 aromatic carbocycles. The van der Waals surface area contributed by atoms with Crippen LogP contribution in [0.1, 0.15) is 12.2 Å². The summed E-state index contributed by atoms with van der Waals surface area (Å²) in [6.07, 6.45) is 0.506. The smallest absolute Gasteiger partial charge is 0.226 e. The van der Waals surface area contributed by atoms with Crippen LogP contribution in [0.25, 0.3) is 0 Å². The molecule has 0 aliphatic carbocycles. The summed E-state index contributed by atoms with van der Waals surface area (Å²) in [6.45, 7) is 1.78. The first-order valence-electron chi connectivity index (χ1n) is 3.51. The lowest BCUT2D eigenvalue weighted by atomic mass is 10.4. The molecule has 0 bridgehead atoms. The fourth-order valence-electron chi connectivity index (χ4n) is 0.716. The van der Waals surface area contributed by atoms with Crippen molar-refractivity contribution in [1.82, 2.24) is 5.16 Å². The van der Waals surface area contributed by atoms with Crippen LogP contribution in [0.4, 0.5) is 5.82 Å². The van der Waals surface area contributed by atoms with Gasteiger partial charge in [-0.3, -0.25) is 4.79 Å². The van der Waals surface area contributed by atoms with Crippen LogP contribution in [0, 0.1) is 6.92 Å². The van der Waals surface area contributed by atoms with Gasteiger partial charge in [-0.2, -0.15) is 0 Å². The summed E-state index contributed by atoms with van der Waals surface area (Å²) in [7, 11) is 0. The molecule has 66 valence electrons. The van der Waals surface area contributed by atoms with Gasteiger partial charge in [-0.15, -0.1) is 0 Å². The fourth-order valence-corrected chi connectivity index (χ4v) is 1.21. The Kier molecular flexibility index (Phi) is 3.51. The molecule has 0 radical (unpaired) electrons. The second-order valence-electron chi connectivity index (χ2n) is 2.31. The number of carbonyl (C=O) groups excluding carboxylic acids is 1.